The minimum Gasteiger partial charge on any atom is -0.467 e. The van der Waals surface area contributed by atoms with E-state index < -0.39 is 5.76 Å². The van der Waals surface area contributed by atoms with Crippen LogP contribution in [0.5, 0.6) is 5.95 Å². The van der Waals surface area contributed by atoms with E-state index in [1.807, 2.05) is 30.3 Å². The monoisotopic (exact) mass is 205 g/mol. The summed E-state index contributed by atoms with van der Waals surface area (Å²) in [5.74, 6) is -0.181. The molecule has 1 heterocycles. The maximum Gasteiger partial charge on any atom is 0.426 e. The van der Waals surface area contributed by atoms with Crippen molar-refractivity contribution < 1.29 is 9.15 Å². The van der Waals surface area contributed by atoms with Crippen molar-refractivity contribution in [1.29, 1.82) is 0 Å². The number of rotatable bonds is 2. The summed E-state index contributed by atoms with van der Waals surface area (Å²) in [6.07, 6.45) is 0. The van der Waals surface area contributed by atoms with Gasteiger partial charge in [-0.25, -0.2) is 9.36 Å². The lowest BCUT2D eigenvalue weighted by Gasteiger charge is -2.01. The highest BCUT2D eigenvalue weighted by Crippen LogP contribution is 2.18. The van der Waals surface area contributed by atoms with Gasteiger partial charge in [0.1, 0.15) is 5.69 Å². The lowest BCUT2D eigenvalue weighted by molar-refractivity contribution is 0.292. The molecule has 0 amide bonds. The minimum absolute atomic E-state index is 0.254. The van der Waals surface area contributed by atoms with Crippen LogP contribution in [0.15, 0.2) is 39.5 Å². The Labute approximate surface area is 86.7 Å². The molecule has 0 radical (unpaired) electrons. The first-order chi connectivity index (χ1) is 7.24. The molecular formula is C11H11NO3. The molecule has 0 spiro atoms. The van der Waals surface area contributed by atoms with Crippen molar-refractivity contribution in [3.05, 3.63) is 46.6 Å². The number of nitrogens with zero attached hydrogens (tertiary/aromatic N) is 1. The number of hydrogen-bond acceptors (Lipinski definition) is 3. The second-order valence-corrected chi connectivity index (χ2v) is 3.12. The summed E-state index contributed by atoms with van der Waals surface area (Å²) in [5.41, 5.74) is 1.43. The Morgan fingerprint density at radius 2 is 1.93 bits per heavy atom. The summed E-state index contributed by atoms with van der Waals surface area (Å²) in [4.78, 5) is 11.5. The second kappa shape index (κ2) is 3.65. The van der Waals surface area contributed by atoms with Crippen LogP contribution in [0.1, 0.15) is 5.69 Å². The van der Waals surface area contributed by atoms with Crippen molar-refractivity contribution in [3.8, 4) is 11.6 Å². The van der Waals surface area contributed by atoms with Gasteiger partial charge >= 0.3 is 11.7 Å². The van der Waals surface area contributed by atoms with Crippen LogP contribution in [0.3, 0.4) is 0 Å². The quantitative estimate of drug-likeness (QED) is 0.750. The summed E-state index contributed by atoms with van der Waals surface area (Å²) in [7, 11) is 1.47. The average Bonchev–Trinajstić information content (AvgIpc) is 2.55. The predicted molar refractivity (Wildman–Crippen MR) is 55.6 cm³/mol. The Morgan fingerprint density at radius 1 is 1.27 bits per heavy atom. The highest BCUT2D eigenvalue weighted by molar-refractivity contribution is 5.35. The molecule has 1 aromatic heterocycles. The molecule has 0 aliphatic carbocycles. The van der Waals surface area contributed by atoms with Gasteiger partial charge in [0.2, 0.25) is 0 Å². The van der Waals surface area contributed by atoms with Gasteiger partial charge in [0.05, 0.1) is 12.8 Å². The third kappa shape index (κ3) is 1.54. The summed E-state index contributed by atoms with van der Waals surface area (Å²) in [5, 5.41) is 0. The third-order valence-corrected chi connectivity index (χ3v) is 2.19. The summed E-state index contributed by atoms with van der Waals surface area (Å²) < 4.78 is 11.3. The zero-order valence-electron chi connectivity index (χ0n) is 8.56. The van der Waals surface area contributed by atoms with Crippen molar-refractivity contribution in [2.24, 2.45) is 0 Å². The van der Waals surface area contributed by atoms with E-state index in [-0.39, 0.29) is 5.95 Å². The molecule has 78 valence electrons. The summed E-state index contributed by atoms with van der Waals surface area (Å²) >= 11 is 0. The van der Waals surface area contributed by atoms with E-state index in [1.165, 1.54) is 11.7 Å². The van der Waals surface area contributed by atoms with Gasteiger partial charge < -0.3 is 9.15 Å². The highest BCUT2D eigenvalue weighted by Gasteiger charge is 2.13. The van der Waals surface area contributed by atoms with E-state index in [0.29, 0.717) is 5.69 Å². The molecule has 0 fully saturated rings. The van der Waals surface area contributed by atoms with E-state index in [2.05, 4.69) is 0 Å². The van der Waals surface area contributed by atoms with Gasteiger partial charge in [0.15, 0.2) is 0 Å². The van der Waals surface area contributed by atoms with Gasteiger partial charge in [-0.15, -0.1) is 0 Å². The predicted octanol–water partition coefficient (Wildman–Crippen LogP) is 1.75. The van der Waals surface area contributed by atoms with Gasteiger partial charge in [-0.3, -0.25) is 0 Å². The third-order valence-electron chi connectivity index (χ3n) is 2.19. The topological polar surface area (TPSA) is 44.4 Å². The van der Waals surface area contributed by atoms with Gasteiger partial charge in [-0.1, -0.05) is 18.2 Å². The normalized spacial score (nSPS) is 10.3. The van der Waals surface area contributed by atoms with Crippen molar-refractivity contribution in [3.63, 3.8) is 0 Å². The van der Waals surface area contributed by atoms with Crippen molar-refractivity contribution in [2.45, 2.75) is 6.92 Å². The molecule has 0 saturated heterocycles. The molecule has 4 nitrogen and oxygen atoms in total. The van der Waals surface area contributed by atoms with Crippen LogP contribution in [0.4, 0.5) is 0 Å². The van der Waals surface area contributed by atoms with Crippen LogP contribution < -0.4 is 10.5 Å². The highest BCUT2D eigenvalue weighted by atomic mass is 16.6. The van der Waals surface area contributed by atoms with E-state index in [4.69, 9.17) is 9.15 Å². The van der Waals surface area contributed by atoms with Crippen LogP contribution in [0.2, 0.25) is 0 Å². The zero-order valence-corrected chi connectivity index (χ0v) is 8.56. The first-order valence-electron chi connectivity index (χ1n) is 4.56. The largest absolute Gasteiger partial charge is 0.467 e. The summed E-state index contributed by atoms with van der Waals surface area (Å²) in [6.45, 7) is 1.77. The molecule has 0 bridgehead atoms. The number of oxazole rings is 1. The van der Waals surface area contributed by atoms with Crippen LogP contribution >= 0.6 is 0 Å². The molecule has 4 heteroatoms. The molecule has 0 unspecified atom stereocenters. The Hall–Kier alpha value is -1.97. The molecule has 0 saturated carbocycles. The van der Waals surface area contributed by atoms with Crippen molar-refractivity contribution in [2.75, 3.05) is 7.11 Å². The van der Waals surface area contributed by atoms with Gasteiger partial charge in [0.25, 0.3) is 0 Å². The van der Waals surface area contributed by atoms with Crippen LogP contribution in [0.25, 0.3) is 5.69 Å². The second-order valence-electron chi connectivity index (χ2n) is 3.12. The number of ether oxygens (including phenoxy) is 1. The van der Waals surface area contributed by atoms with E-state index in [9.17, 15) is 4.79 Å². The Morgan fingerprint density at radius 3 is 2.47 bits per heavy atom. The first kappa shape index (κ1) is 9.58. The fourth-order valence-corrected chi connectivity index (χ4v) is 1.49. The van der Waals surface area contributed by atoms with Gasteiger partial charge in [0, 0.05) is 0 Å². The average molecular weight is 205 g/mol. The minimum atomic E-state index is -0.435. The standard InChI is InChI=1S/C11H11NO3/c1-8-10(14-2)15-11(13)12(8)9-6-4-3-5-7-9/h3-7H,1-2H3. The molecular weight excluding hydrogens is 194 g/mol. The van der Waals surface area contributed by atoms with Crippen LogP contribution in [-0.2, 0) is 0 Å². The first-order valence-corrected chi connectivity index (χ1v) is 4.56. The lowest BCUT2D eigenvalue weighted by Crippen LogP contribution is -2.12. The number of methoxy groups -OCH3 is 1. The number of aromatic nitrogens is 1. The van der Waals surface area contributed by atoms with E-state index in [0.717, 1.165) is 5.69 Å². The maximum absolute atomic E-state index is 11.5. The molecule has 1 aromatic carbocycles. The van der Waals surface area contributed by atoms with E-state index in [1.54, 1.807) is 6.92 Å². The Bertz CT molecular complexity index is 510. The molecule has 0 atom stereocenters. The molecule has 0 aliphatic rings. The lowest BCUT2D eigenvalue weighted by atomic mass is 10.3. The maximum atomic E-state index is 11.5. The molecule has 0 N–H and O–H groups in total. The SMILES string of the molecule is COc1oc(=O)n(-c2ccccc2)c1C. The van der Waals surface area contributed by atoms with E-state index >= 15 is 0 Å². The van der Waals surface area contributed by atoms with Crippen LogP contribution in [0, 0.1) is 6.92 Å². The smallest absolute Gasteiger partial charge is 0.426 e. The number of benzene rings is 1. The zero-order chi connectivity index (χ0) is 10.8. The molecule has 2 rings (SSSR count). The Kier molecular flexibility index (Phi) is 2.33. The fourth-order valence-electron chi connectivity index (χ4n) is 1.49. The number of para-hydroxylation sites is 1. The van der Waals surface area contributed by atoms with Crippen LogP contribution in [-0.4, -0.2) is 11.7 Å². The number of hydrogen-bond donors (Lipinski definition) is 0. The Balaban J connectivity index is 2.64. The fraction of sp³-hybridized carbons (Fsp3) is 0.182. The van der Waals surface area contributed by atoms with Crippen molar-refractivity contribution in [1.82, 2.24) is 4.57 Å². The molecule has 2 aromatic rings. The van der Waals surface area contributed by atoms with Gasteiger partial charge in [-0.2, -0.15) is 0 Å². The van der Waals surface area contributed by atoms with Gasteiger partial charge in [-0.05, 0) is 19.1 Å². The summed E-state index contributed by atoms with van der Waals surface area (Å²) in [6, 6.07) is 9.29. The molecule has 15 heavy (non-hydrogen) atoms. The van der Waals surface area contributed by atoms with Crippen molar-refractivity contribution >= 4 is 0 Å². The molecule has 0 aliphatic heterocycles.